The van der Waals surface area contributed by atoms with Crippen molar-refractivity contribution < 1.29 is 4.74 Å². The van der Waals surface area contributed by atoms with Crippen molar-refractivity contribution in [3.8, 4) is 0 Å². The molecule has 0 N–H and O–H groups in total. The van der Waals surface area contributed by atoms with Gasteiger partial charge in [0.2, 0.25) is 0 Å². The second-order valence-corrected chi connectivity index (χ2v) is 17.5. The van der Waals surface area contributed by atoms with Crippen molar-refractivity contribution in [2.45, 2.75) is 241 Å². The maximum Gasteiger partial charge on any atom is 0.0573 e. The molecule has 8 aliphatic rings. The number of fused-ring (bicyclic) bond motifs is 2. The highest BCUT2D eigenvalue weighted by atomic mass is 16.5. The summed E-state index contributed by atoms with van der Waals surface area (Å²) in [5.41, 5.74) is 0. The van der Waals surface area contributed by atoms with Crippen LogP contribution in [0.4, 0.5) is 0 Å². The fraction of sp³-hybridized carbons (Fsp3) is 1.00. The summed E-state index contributed by atoms with van der Waals surface area (Å²) in [6.07, 6.45) is 43.2. The summed E-state index contributed by atoms with van der Waals surface area (Å²) in [4.78, 5) is 0. The van der Waals surface area contributed by atoms with Crippen LogP contribution < -0.4 is 0 Å². The lowest BCUT2D eigenvalue weighted by molar-refractivity contribution is 0.108. The van der Waals surface area contributed by atoms with Gasteiger partial charge in [0.05, 0.1) is 6.10 Å². The molecule has 47 heavy (non-hydrogen) atoms. The summed E-state index contributed by atoms with van der Waals surface area (Å²) in [5, 5.41) is 0. The average molecular weight is 659 g/mol. The van der Waals surface area contributed by atoms with Crippen LogP contribution >= 0.6 is 0 Å². The molecule has 4 unspecified atom stereocenters. The Hall–Kier alpha value is -0.0400. The van der Waals surface area contributed by atoms with Crippen LogP contribution in [0.5, 0.6) is 0 Å². The Morgan fingerprint density at radius 2 is 0.915 bits per heavy atom. The number of hydrogen-bond donors (Lipinski definition) is 0. The van der Waals surface area contributed by atoms with Crippen molar-refractivity contribution in [3.05, 3.63) is 0 Å². The molecule has 1 heterocycles. The topological polar surface area (TPSA) is 9.23 Å². The van der Waals surface area contributed by atoms with Crippen molar-refractivity contribution in [1.82, 2.24) is 0 Å². The van der Waals surface area contributed by atoms with Crippen molar-refractivity contribution in [2.75, 3.05) is 6.61 Å². The number of rotatable bonds is 7. The van der Waals surface area contributed by atoms with Crippen LogP contribution in [-0.2, 0) is 4.74 Å². The Labute approximate surface area is 298 Å². The van der Waals surface area contributed by atoms with Gasteiger partial charge < -0.3 is 4.74 Å². The van der Waals surface area contributed by atoms with Gasteiger partial charge >= 0.3 is 0 Å². The van der Waals surface area contributed by atoms with Gasteiger partial charge in [-0.1, -0.05) is 196 Å². The molecule has 7 aliphatic carbocycles. The smallest absolute Gasteiger partial charge is 0.0573 e. The summed E-state index contributed by atoms with van der Waals surface area (Å²) >= 11 is 0. The molecule has 2 bridgehead atoms. The zero-order valence-electron chi connectivity index (χ0n) is 33.8. The van der Waals surface area contributed by atoms with Gasteiger partial charge in [0.15, 0.2) is 0 Å². The first-order valence-electron chi connectivity index (χ1n) is 22.6. The molecule has 0 aromatic heterocycles. The molecule has 0 spiro atoms. The average Bonchev–Trinajstić information content (AvgIpc) is 3.81. The van der Waals surface area contributed by atoms with Gasteiger partial charge in [0.1, 0.15) is 0 Å². The molecule has 8 fully saturated rings. The molecule has 0 radical (unpaired) electrons. The molecule has 4 atom stereocenters. The Bertz CT molecular complexity index is 636. The zero-order chi connectivity index (χ0) is 34.1. The third kappa shape index (κ3) is 21.7. The van der Waals surface area contributed by atoms with E-state index in [1.54, 1.807) is 25.7 Å². The summed E-state index contributed by atoms with van der Waals surface area (Å²) in [6, 6.07) is 0. The largest absolute Gasteiger partial charge is 0.378 e. The summed E-state index contributed by atoms with van der Waals surface area (Å²) < 4.78 is 5.30. The van der Waals surface area contributed by atoms with Crippen LogP contribution in [-0.4, -0.2) is 12.7 Å². The fourth-order valence-corrected chi connectivity index (χ4v) is 8.79. The van der Waals surface area contributed by atoms with Gasteiger partial charge in [0.25, 0.3) is 0 Å². The van der Waals surface area contributed by atoms with Gasteiger partial charge in [-0.2, -0.15) is 0 Å². The van der Waals surface area contributed by atoms with Gasteiger partial charge in [-0.15, -0.1) is 0 Å². The van der Waals surface area contributed by atoms with Crippen LogP contribution in [0.15, 0.2) is 0 Å². The monoisotopic (exact) mass is 659 g/mol. The van der Waals surface area contributed by atoms with Gasteiger partial charge in [-0.05, 0) is 85.9 Å². The van der Waals surface area contributed by atoms with E-state index in [1.165, 1.54) is 161 Å². The molecule has 8 rings (SSSR count). The summed E-state index contributed by atoms with van der Waals surface area (Å²) in [5.74, 6) is 8.95. The van der Waals surface area contributed by atoms with E-state index < -0.39 is 0 Å². The van der Waals surface area contributed by atoms with Crippen LogP contribution in [0.25, 0.3) is 0 Å². The molecular formula is C46H90O. The molecule has 0 amide bonds. The first-order chi connectivity index (χ1) is 23.0. The minimum Gasteiger partial charge on any atom is -0.378 e. The maximum atomic E-state index is 5.30. The van der Waals surface area contributed by atoms with Crippen LogP contribution in [0.3, 0.4) is 0 Å². The van der Waals surface area contributed by atoms with E-state index in [2.05, 4.69) is 48.5 Å². The maximum absolute atomic E-state index is 5.30. The van der Waals surface area contributed by atoms with E-state index in [4.69, 9.17) is 4.74 Å². The molecular weight excluding hydrogens is 569 g/mol. The van der Waals surface area contributed by atoms with Crippen molar-refractivity contribution >= 4 is 0 Å². The zero-order valence-corrected chi connectivity index (χ0v) is 33.8. The highest BCUT2D eigenvalue weighted by molar-refractivity contribution is 4.87. The Balaban J connectivity index is 0.000000192. The number of ether oxygens (including phenoxy) is 1. The van der Waals surface area contributed by atoms with Crippen LogP contribution in [0.2, 0.25) is 0 Å². The predicted molar refractivity (Wildman–Crippen MR) is 211 cm³/mol. The SMILES string of the molecule is CC1CC2CCC1C2.CCC1CC1.CCC1CCC1.CCC1CCCC1.CCC1CCCCC1.CCC1CCCO1.CCCC1CC1. The summed E-state index contributed by atoms with van der Waals surface area (Å²) in [6.45, 7) is 17.0. The lowest BCUT2D eigenvalue weighted by atomic mass is 9.84. The lowest BCUT2D eigenvalue weighted by Crippen LogP contribution is -2.08. The van der Waals surface area contributed by atoms with E-state index >= 15 is 0 Å². The normalized spacial score (nSPS) is 29.4. The van der Waals surface area contributed by atoms with Gasteiger partial charge in [0, 0.05) is 6.61 Å². The second-order valence-electron chi connectivity index (χ2n) is 17.5. The Morgan fingerprint density at radius 3 is 1.11 bits per heavy atom. The molecule has 0 aromatic carbocycles. The molecule has 0 aromatic rings. The standard InChI is InChI=1S/C8H14.C8H16.C7H14.C6H12O.2C6H12.C5H10/c1-6-4-7-2-3-8(6)5-7;1-2-8-6-4-3-5-7-8;1-2-7-5-3-4-6-7;1-2-6-4-3-5-7-6;1-2-6-4-3-5-6;1-2-3-6-4-5-6;1-2-5-3-4-5/h6-8H,2-5H2,1H3;8H,2-7H2,1H3;7H,2-6H2,1H3;6H,2-5H2,1H3;2*6H,2-5H2,1H3;5H,2-4H2,1H3. The molecule has 1 saturated heterocycles. The Kier molecular flexibility index (Phi) is 25.4. The van der Waals surface area contributed by atoms with Crippen molar-refractivity contribution in [1.29, 1.82) is 0 Å². The first kappa shape index (κ1) is 43.1. The second kappa shape index (κ2) is 27.7. The van der Waals surface area contributed by atoms with Crippen LogP contribution in [0.1, 0.15) is 235 Å². The molecule has 1 aliphatic heterocycles. The van der Waals surface area contributed by atoms with Crippen molar-refractivity contribution in [2.24, 2.45) is 47.3 Å². The molecule has 1 heteroatoms. The highest BCUT2D eigenvalue weighted by Crippen LogP contribution is 2.47. The van der Waals surface area contributed by atoms with E-state index in [9.17, 15) is 0 Å². The van der Waals surface area contributed by atoms with Gasteiger partial charge in [-0.3, -0.25) is 0 Å². The Morgan fingerprint density at radius 1 is 0.426 bits per heavy atom. The minimum atomic E-state index is 0.597. The predicted octanol–water partition coefficient (Wildman–Crippen LogP) is 15.8. The quantitative estimate of drug-likeness (QED) is 0.264. The highest BCUT2D eigenvalue weighted by Gasteiger charge is 2.36. The van der Waals surface area contributed by atoms with E-state index in [-0.39, 0.29) is 0 Å². The first-order valence-corrected chi connectivity index (χ1v) is 22.6. The van der Waals surface area contributed by atoms with Crippen LogP contribution in [0, 0.1) is 47.3 Å². The van der Waals surface area contributed by atoms with Crippen molar-refractivity contribution in [3.63, 3.8) is 0 Å². The van der Waals surface area contributed by atoms with E-state index in [0.717, 1.165) is 54.0 Å². The fourth-order valence-electron chi connectivity index (χ4n) is 8.79. The number of hydrogen-bond acceptors (Lipinski definition) is 1. The third-order valence-electron chi connectivity index (χ3n) is 13.4. The third-order valence-corrected chi connectivity index (χ3v) is 13.4. The summed E-state index contributed by atoms with van der Waals surface area (Å²) in [7, 11) is 0. The lowest BCUT2D eigenvalue weighted by Gasteiger charge is -2.22. The minimum absolute atomic E-state index is 0.597. The molecule has 1 nitrogen and oxygen atoms in total. The molecule has 280 valence electrons. The van der Waals surface area contributed by atoms with E-state index in [0.29, 0.717) is 6.10 Å². The van der Waals surface area contributed by atoms with Gasteiger partial charge in [-0.25, -0.2) is 0 Å². The molecule has 7 saturated carbocycles. The van der Waals surface area contributed by atoms with E-state index in [1.807, 2.05) is 0 Å².